The minimum absolute atomic E-state index is 0.466. The third-order valence-electron chi connectivity index (χ3n) is 3.08. The number of rotatable bonds is 5. The van der Waals surface area contributed by atoms with Gasteiger partial charge in [-0.05, 0) is 30.5 Å². The standard InChI is InChI=1S/C13H19Cl2N/c1-4-11(5-2)16(3)12-7-6-10(9-14)13(15)8-12/h6-8,11H,4-5,9H2,1-3H3. The van der Waals surface area contributed by atoms with E-state index in [1.807, 2.05) is 12.1 Å². The van der Waals surface area contributed by atoms with Gasteiger partial charge in [0.15, 0.2) is 0 Å². The predicted octanol–water partition coefficient (Wildman–Crippen LogP) is 4.70. The van der Waals surface area contributed by atoms with Crippen LogP contribution in [0.2, 0.25) is 5.02 Å². The summed E-state index contributed by atoms with van der Waals surface area (Å²) in [6.07, 6.45) is 2.28. The summed E-state index contributed by atoms with van der Waals surface area (Å²) in [4.78, 5) is 2.28. The van der Waals surface area contributed by atoms with E-state index in [4.69, 9.17) is 23.2 Å². The van der Waals surface area contributed by atoms with Crippen molar-refractivity contribution in [3.8, 4) is 0 Å². The summed E-state index contributed by atoms with van der Waals surface area (Å²) in [5.74, 6) is 0.466. The SMILES string of the molecule is CCC(CC)N(C)c1ccc(CCl)c(Cl)c1. The lowest BCUT2D eigenvalue weighted by molar-refractivity contribution is 0.591. The summed E-state index contributed by atoms with van der Waals surface area (Å²) < 4.78 is 0. The van der Waals surface area contributed by atoms with Crippen LogP contribution in [0, 0.1) is 0 Å². The van der Waals surface area contributed by atoms with E-state index in [0.29, 0.717) is 11.9 Å². The quantitative estimate of drug-likeness (QED) is 0.693. The van der Waals surface area contributed by atoms with Crippen molar-refractivity contribution in [1.82, 2.24) is 0 Å². The van der Waals surface area contributed by atoms with Crippen LogP contribution in [0.25, 0.3) is 0 Å². The molecule has 0 aliphatic heterocycles. The molecule has 0 aliphatic carbocycles. The highest BCUT2D eigenvalue weighted by Gasteiger charge is 2.12. The molecule has 0 saturated carbocycles. The summed E-state index contributed by atoms with van der Waals surface area (Å²) in [6, 6.07) is 6.65. The van der Waals surface area contributed by atoms with Crippen LogP contribution in [0.15, 0.2) is 18.2 Å². The molecule has 0 atom stereocenters. The molecular formula is C13H19Cl2N. The Balaban J connectivity index is 2.91. The third kappa shape index (κ3) is 3.05. The highest BCUT2D eigenvalue weighted by atomic mass is 35.5. The number of hydrogen-bond donors (Lipinski definition) is 0. The van der Waals surface area contributed by atoms with Gasteiger partial charge in [0.25, 0.3) is 0 Å². The first-order valence-electron chi connectivity index (χ1n) is 5.71. The topological polar surface area (TPSA) is 3.24 Å². The molecular weight excluding hydrogens is 241 g/mol. The Morgan fingerprint density at radius 3 is 2.31 bits per heavy atom. The van der Waals surface area contributed by atoms with Gasteiger partial charge >= 0.3 is 0 Å². The van der Waals surface area contributed by atoms with Gasteiger partial charge in [0.2, 0.25) is 0 Å². The summed E-state index contributed by atoms with van der Waals surface area (Å²) in [7, 11) is 2.11. The molecule has 0 heterocycles. The average molecular weight is 260 g/mol. The second kappa shape index (κ2) is 6.36. The van der Waals surface area contributed by atoms with Crippen molar-refractivity contribution >= 4 is 28.9 Å². The predicted molar refractivity (Wildman–Crippen MR) is 73.8 cm³/mol. The zero-order valence-electron chi connectivity index (χ0n) is 10.1. The maximum atomic E-state index is 6.15. The van der Waals surface area contributed by atoms with Gasteiger partial charge in [-0.2, -0.15) is 0 Å². The first-order valence-corrected chi connectivity index (χ1v) is 6.62. The fourth-order valence-corrected chi connectivity index (χ4v) is 2.45. The molecule has 0 fully saturated rings. The zero-order valence-corrected chi connectivity index (χ0v) is 11.6. The maximum Gasteiger partial charge on any atom is 0.0488 e. The number of halogens is 2. The zero-order chi connectivity index (χ0) is 12.1. The van der Waals surface area contributed by atoms with Crippen LogP contribution in [0.3, 0.4) is 0 Å². The number of benzene rings is 1. The largest absolute Gasteiger partial charge is 0.372 e. The molecule has 0 aliphatic rings. The Labute approximate surface area is 108 Å². The van der Waals surface area contributed by atoms with Crippen LogP contribution >= 0.6 is 23.2 Å². The second-order valence-electron chi connectivity index (χ2n) is 3.99. The van der Waals surface area contributed by atoms with Crippen molar-refractivity contribution in [2.75, 3.05) is 11.9 Å². The van der Waals surface area contributed by atoms with Crippen LogP contribution in [0.4, 0.5) is 5.69 Å². The third-order valence-corrected chi connectivity index (χ3v) is 3.72. The van der Waals surface area contributed by atoms with Gasteiger partial charge in [-0.25, -0.2) is 0 Å². The fourth-order valence-electron chi connectivity index (χ4n) is 1.91. The Bertz CT molecular complexity index is 335. The van der Waals surface area contributed by atoms with Gasteiger partial charge in [0, 0.05) is 29.7 Å². The molecule has 0 aromatic heterocycles. The molecule has 16 heavy (non-hydrogen) atoms. The fraction of sp³-hybridized carbons (Fsp3) is 0.538. The molecule has 0 saturated heterocycles. The van der Waals surface area contributed by atoms with Crippen LogP contribution in [-0.4, -0.2) is 13.1 Å². The summed E-state index contributed by atoms with van der Waals surface area (Å²) in [5.41, 5.74) is 2.15. The summed E-state index contributed by atoms with van der Waals surface area (Å²) in [6.45, 7) is 4.42. The van der Waals surface area contributed by atoms with Gasteiger partial charge in [-0.3, -0.25) is 0 Å². The molecule has 0 amide bonds. The molecule has 0 bridgehead atoms. The van der Waals surface area contributed by atoms with Gasteiger partial charge in [-0.15, -0.1) is 11.6 Å². The summed E-state index contributed by atoms with van der Waals surface area (Å²) in [5, 5.41) is 0.755. The summed E-state index contributed by atoms with van der Waals surface area (Å²) >= 11 is 11.9. The van der Waals surface area contributed by atoms with Crippen molar-refractivity contribution < 1.29 is 0 Å². The molecule has 0 radical (unpaired) electrons. The lowest BCUT2D eigenvalue weighted by Crippen LogP contribution is -2.30. The van der Waals surface area contributed by atoms with Crippen molar-refractivity contribution in [3.63, 3.8) is 0 Å². The van der Waals surface area contributed by atoms with Gasteiger partial charge in [0.1, 0.15) is 0 Å². The average Bonchev–Trinajstić information content (AvgIpc) is 2.30. The Kier molecular flexibility index (Phi) is 5.43. The second-order valence-corrected chi connectivity index (χ2v) is 4.67. The van der Waals surface area contributed by atoms with Crippen LogP contribution in [0.5, 0.6) is 0 Å². The first kappa shape index (κ1) is 13.7. The van der Waals surface area contributed by atoms with Crippen molar-refractivity contribution in [2.45, 2.75) is 38.6 Å². The monoisotopic (exact) mass is 259 g/mol. The minimum Gasteiger partial charge on any atom is -0.372 e. The van der Waals surface area contributed by atoms with E-state index in [-0.39, 0.29) is 0 Å². The minimum atomic E-state index is 0.466. The number of hydrogen-bond acceptors (Lipinski definition) is 1. The molecule has 0 unspecified atom stereocenters. The molecule has 0 spiro atoms. The lowest BCUT2D eigenvalue weighted by Gasteiger charge is -2.28. The Morgan fingerprint density at radius 1 is 1.25 bits per heavy atom. The first-order chi connectivity index (χ1) is 7.63. The van der Waals surface area contributed by atoms with E-state index in [0.717, 1.165) is 29.1 Å². The van der Waals surface area contributed by atoms with Gasteiger partial charge < -0.3 is 4.90 Å². The van der Waals surface area contributed by atoms with Crippen LogP contribution in [-0.2, 0) is 5.88 Å². The highest BCUT2D eigenvalue weighted by molar-refractivity contribution is 6.32. The van der Waals surface area contributed by atoms with E-state index in [1.54, 1.807) is 0 Å². The molecule has 1 rings (SSSR count). The van der Waals surface area contributed by atoms with Crippen molar-refractivity contribution in [1.29, 1.82) is 0 Å². The smallest absolute Gasteiger partial charge is 0.0488 e. The molecule has 3 heteroatoms. The molecule has 1 aromatic rings. The Hall–Kier alpha value is -0.400. The van der Waals surface area contributed by atoms with Crippen LogP contribution < -0.4 is 4.90 Å². The van der Waals surface area contributed by atoms with Crippen molar-refractivity contribution in [3.05, 3.63) is 28.8 Å². The van der Waals surface area contributed by atoms with Crippen LogP contribution in [0.1, 0.15) is 32.3 Å². The number of anilines is 1. The molecule has 90 valence electrons. The van der Waals surface area contributed by atoms with Crippen molar-refractivity contribution in [2.24, 2.45) is 0 Å². The number of alkyl halides is 1. The Morgan fingerprint density at radius 2 is 1.88 bits per heavy atom. The van der Waals surface area contributed by atoms with E-state index >= 15 is 0 Å². The lowest BCUT2D eigenvalue weighted by atomic mass is 10.1. The van der Waals surface area contributed by atoms with Gasteiger partial charge in [-0.1, -0.05) is 31.5 Å². The molecule has 1 aromatic carbocycles. The normalized spacial score (nSPS) is 10.9. The maximum absolute atomic E-state index is 6.15. The molecule has 1 nitrogen and oxygen atoms in total. The number of nitrogens with zero attached hydrogens (tertiary/aromatic N) is 1. The van der Waals surface area contributed by atoms with E-state index < -0.39 is 0 Å². The van der Waals surface area contributed by atoms with E-state index in [2.05, 4.69) is 31.9 Å². The van der Waals surface area contributed by atoms with Gasteiger partial charge in [0.05, 0.1) is 0 Å². The molecule has 0 N–H and O–H groups in total. The van der Waals surface area contributed by atoms with E-state index in [1.165, 1.54) is 0 Å². The van der Waals surface area contributed by atoms with E-state index in [9.17, 15) is 0 Å². The highest BCUT2D eigenvalue weighted by Crippen LogP contribution is 2.26.